The monoisotopic (exact) mass is 355 g/mol. The van der Waals surface area contributed by atoms with E-state index in [0.717, 1.165) is 29.7 Å². The fourth-order valence-electron chi connectivity index (χ4n) is 3.71. The molecule has 2 N–H and O–H groups in total. The van der Waals surface area contributed by atoms with Crippen LogP contribution in [0.3, 0.4) is 0 Å². The number of piperazine rings is 1. The quantitative estimate of drug-likeness (QED) is 0.904. The van der Waals surface area contributed by atoms with Gasteiger partial charge in [-0.3, -0.25) is 9.80 Å². The normalized spacial score (nSPS) is 25.6. The Labute approximate surface area is 134 Å². The number of benzene rings is 1. The lowest BCUT2D eigenvalue weighted by Crippen LogP contribution is -2.56. The second-order valence-electron chi connectivity index (χ2n) is 6.10. The van der Waals surface area contributed by atoms with Crippen LogP contribution in [0.5, 0.6) is 0 Å². The first-order chi connectivity index (χ1) is 10.2. The Hall–Kier alpha value is -0.490. The lowest BCUT2D eigenvalue weighted by molar-refractivity contribution is 0.0279. The van der Waals surface area contributed by atoms with Crippen molar-refractivity contribution in [2.45, 2.75) is 31.3 Å². The standard InChI is InChI=1S/C16H23BrFN3/c17-12-4-5-15(18)14(9-12)16(10-19)21-8-7-20-6-2-1-3-13(20)11-21/h4-5,9,13,16H,1-3,6-8,10-11,19H2. The third-order valence-electron chi connectivity index (χ3n) is 4.85. The number of halogens is 2. The second-order valence-corrected chi connectivity index (χ2v) is 7.01. The minimum atomic E-state index is -0.153. The topological polar surface area (TPSA) is 32.5 Å². The van der Waals surface area contributed by atoms with Crippen LogP contribution in [0.15, 0.2) is 22.7 Å². The van der Waals surface area contributed by atoms with Gasteiger partial charge in [-0.1, -0.05) is 22.4 Å². The Kier molecular flexibility index (Phi) is 4.94. The van der Waals surface area contributed by atoms with E-state index in [-0.39, 0.29) is 11.9 Å². The lowest BCUT2D eigenvalue weighted by atomic mass is 9.96. The van der Waals surface area contributed by atoms with E-state index >= 15 is 0 Å². The van der Waals surface area contributed by atoms with Crippen molar-refractivity contribution in [3.8, 4) is 0 Å². The molecule has 116 valence electrons. The maximum absolute atomic E-state index is 14.2. The first kappa shape index (κ1) is 15.4. The van der Waals surface area contributed by atoms with Crippen LogP contribution in [0.2, 0.25) is 0 Å². The van der Waals surface area contributed by atoms with E-state index in [1.165, 1.54) is 31.9 Å². The molecule has 0 bridgehead atoms. The molecule has 0 radical (unpaired) electrons. The van der Waals surface area contributed by atoms with Crippen molar-refractivity contribution >= 4 is 15.9 Å². The minimum absolute atomic E-state index is 0.0217. The van der Waals surface area contributed by atoms with Crippen LogP contribution >= 0.6 is 15.9 Å². The van der Waals surface area contributed by atoms with Crippen LogP contribution in [0, 0.1) is 5.82 Å². The minimum Gasteiger partial charge on any atom is -0.329 e. The van der Waals surface area contributed by atoms with Crippen LogP contribution in [-0.2, 0) is 0 Å². The number of fused-ring (bicyclic) bond motifs is 1. The highest BCUT2D eigenvalue weighted by molar-refractivity contribution is 9.10. The fourth-order valence-corrected chi connectivity index (χ4v) is 4.08. The molecule has 5 heteroatoms. The van der Waals surface area contributed by atoms with Gasteiger partial charge in [0.2, 0.25) is 0 Å². The van der Waals surface area contributed by atoms with Gasteiger partial charge in [-0.05, 0) is 37.6 Å². The number of rotatable bonds is 3. The summed E-state index contributed by atoms with van der Waals surface area (Å²) in [7, 11) is 0. The van der Waals surface area contributed by atoms with Gasteiger partial charge in [-0.15, -0.1) is 0 Å². The molecule has 0 saturated carbocycles. The summed E-state index contributed by atoms with van der Waals surface area (Å²) >= 11 is 3.44. The van der Waals surface area contributed by atoms with Gasteiger partial charge < -0.3 is 5.73 Å². The predicted octanol–water partition coefficient (Wildman–Crippen LogP) is 2.76. The van der Waals surface area contributed by atoms with Crippen molar-refractivity contribution in [3.05, 3.63) is 34.1 Å². The molecule has 3 rings (SSSR count). The number of piperidine rings is 1. The molecule has 0 amide bonds. The van der Waals surface area contributed by atoms with E-state index in [1.807, 2.05) is 6.07 Å². The molecule has 2 aliphatic heterocycles. The molecular weight excluding hydrogens is 333 g/mol. The van der Waals surface area contributed by atoms with Crippen molar-refractivity contribution in [3.63, 3.8) is 0 Å². The molecule has 21 heavy (non-hydrogen) atoms. The van der Waals surface area contributed by atoms with Gasteiger partial charge in [0, 0.05) is 42.3 Å². The van der Waals surface area contributed by atoms with Gasteiger partial charge in [-0.2, -0.15) is 0 Å². The van der Waals surface area contributed by atoms with Gasteiger partial charge in [0.15, 0.2) is 0 Å². The van der Waals surface area contributed by atoms with Crippen LogP contribution in [0.4, 0.5) is 4.39 Å². The van der Waals surface area contributed by atoms with Gasteiger partial charge in [0.05, 0.1) is 6.04 Å². The Morgan fingerprint density at radius 3 is 2.95 bits per heavy atom. The summed E-state index contributed by atoms with van der Waals surface area (Å²) in [5.41, 5.74) is 6.70. The van der Waals surface area contributed by atoms with Crippen molar-refractivity contribution in [1.82, 2.24) is 9.80 Å². The van der Waals surface area contributed by atoms with Gasteiger partial charge >= 0.3 is 0 Å². The highest BCUT2D eigenvalue weighted by Gasteiger charge is 2.33. The predicted molar refractivity (Wildman–Crippen MR) is 86.7 cm³/mol. The third-order valence-corrected chi connectivity index (χ3v) is 5.34. The molecule has 3 nitrogen and oxygen atoms in total. The van der Waals surface area contributed by atoms with E-state index < -0.39 is 0 Å². The lowest BCUT2D eigenvalue weighted by Gasteiger charge is -2.46. The molecule has 2 heterocycles. The number of hydrogen-bond donors (Lipinski definition) is 1. The van der Waals surface area contributed by atoms with Crippen molar-refractivity contribution in [2.75, 3.05) is 32.7 Å². The first-order valence-electron chi connectivity index (χ1n) is 7.82. The van der Waals surface area contributed by atoms with Crippen molar-refractivity contribution < 1.29 is 4.39 Å². The van der Waals surface area contributed by atoms with E-state index in [9.17, 15) is 4.39 Å². The molecule has 1 aromatic carbocycles. The average molecular weight is 356 g/mol. The van der Waals surface area contributed by atoms with E-state index in [4.69, 9.17) is 5.73 Å². The second kappa shape index (κ2) is 6.73. The number of nitrogens with zero attached hydrogens (tertiary/aromatic N) is 2. The highest BCUT2D eigenvalue weighted by Crippen LogP contribution is 2.30. The molecule has 2 unspecified atom stereocenters. The van der Waals surface area contributed by atoms with E-state index in [2.05, 4.69) is 25.7 Å². The molecule has 2 saturated heterocycles. The zero-order chi connectivity index (χ0) is 14.8. The maximum atomic E-state index is 14.2. The summed E-state index contributed by atoms with van der Waals surface area (Å²) in [6, 6.07) is 5.74. The molecule has 1 aromatic rings. The summed E-state index contributed by atoms with van der Waals surface area (Å²) < 4.78 is 15.1. The fraction of sp³-hybridized carbons (Fsp3) is 0.625. The summed E-state index contributed by atoms with van der Waals surface area (Å²) in [5.74, 6) is -0.153. The molecule has 2 aliphatic rings. The van der Waals surface area contributed by atoms with Gasteiger partial charge in [0.25, 0.3) is 0 Å². The SMILES string of the molecule is NCC(c1cc(Br)ccc1F)N1CCN2CCCCC2C1. The van der Waals surface area contributed by atoms with Crippen molar-refractivity contribution in [2.24, 2.45) is 5.73 Å². The molecule has 0 spiro atoms. The molecule has 2 fully saturated rings. The first-order valence-corrected chi connectivity index (χ1v) is 8.61. The summed E-state index contributed by atoms with van der Waals surface area (Å²) in [6.45, 7) is 4.74. The smallest absolute Gasteiger partial charge is 0.128 e. The van der Waals surface area contributed by atoms with Gasteiger partial charge in [0.1, 0.15) is 5.82 Å². The van der Waals surface area contributed by atoms with Crippen molar-refractivity contribution in [1.29, 1.82) is 0 Å². The third kappa shape index (κ3) is 3.31. The maximum Gasteiger partial charge on any atom is 0.128 e. The molecule has 0 aromatic heterocycles. The Morgan fingerprint density at radius 2 is 2.14 bits per heavy atom. The zero-order valence-corrected chi connectivity index (χ0v) is 13.9. The van der Waals surface area contributed by atoms with Crippen LogP contribution in [0.1, 0.15) is 30.9 Å². The Balaban J connectivity index is 1.78. The number of hydrogen-bond acceptors (Lipinski definition) is 3. The van der Waals surface area contributed by atoms with Crippen LogP contribution in [-0.4, -0.2) is 48.6 Å². The van der Waals surface area contributed by atoms with Crippen LogP contribution in [0.25, 0.3) is 0 Å². The van der Waals surface area contributed by atoms with E-state index in [0.29, 0.717) is 12.6 Å². The summed E-state index contributed by atoms with van der Waals surface area (Å²) in [4.78, 5) is 4.96. The highest BCUT2D eigenvalue weighted by atomic mass is 79.9. The summed E-state index contributed by atoms with van der Waals surface area (Å²) in [5, 5.41) is 0. The molecule has 0 aliphatic carbocycles. The zero-order valence-electron chi connectivity index (χ0n) is 12.3. The van der Waals surface area contributed by atoms with Gasteiger partial charge in [-0.25, -0.2) is 4.39 Å². The number of nitrogens with two attached hydrogens (primary N) is 1. The van der Waals surface area contributed by atoms with E-state index in [1.54, 1.807) is 6.07 Å². The molecule has 2 atom stereocenters. The Morgan fingerprint density at radius 1 is 1.29 bits per heavy atom. The van der Waals surface area contributed by atoms with Crippen LogP contribution < -0.4 is 5.73 Å². The summed E-state index contributed by atoms with van der Waals surface area (Å²) in [6.07, 6.45) is 3.89. The largest absolute Gasteiger partial charge is 0.329 e. The molecular formula is C16H23BrFN3. The average Bonchev–Trinajstić information content (AvgIpc) is 2.51. The Bertz CT molecular complexity index is 496.